The molecule has 1 fully saturated rings. The molecule has 0 saturated carbocycles. The molecule has 3 atom stereocenters. The lowest BCUT2D eigenvalue weighted by atomic mass is 10.2. The first-order chi connectivity index (χ1) is 10.0. The van der Waals surface area contributed by atoms with Gasteiger partial charge in [0.1, 0.15) is 25.3 Å². The van der Waals surface area contributed by atoms with Crippen LogP contribution in [-0.2, 0) is 16.1 Å². The minimum absolute atomic E-state index is 0.0124. The highest BCUT2D eigenvalue weighted by atomic mass is 16.6. The Kier molecular flexibility index (Phi) is 4.59. The van der Waals surface area contributed by atoms with E-state index in [4.69, 9.17) is 9.47 Å². The second-order valence-electron chi connectivity index (χ2n) is 5.30. The van der Waals surface area contributed by atoms with Crippen LogP contribution >= 0.6 is 0 Å². The molecule has 2 amide bonds. The van der Waals surface area contributed by atoms with Crippen LogP contribution in [0.3, 0.4) is 0 Å². The maximum absolute atomic E-state index is 12.4. The number of aliphatic hydroxyl groups excluding tert-OH is 1. The Balaban J connectivity index is 2.14. The van der Waals surface area contributed by atoms with E-state index in [9.17, 15) is 14.7 Å². The molecule has 1 N–H and O–H groups in total. The van der Waals surface area contributed by atoms with Crippen molar-refractivity contribution < 1.29 is 28.7 Å². The zero-order valence-electron chi connectivity index (χ0n) is 12.2. The zero-order chi connectivity index (χ0) is 15.5. The van der Waals surface area contributed by atoms with Crippen LogP contribution in [0, 0.1) is 0 Å². The largest absolute Gasteiger partial charge is 0.527 e. The fourth-order valence-corrected chi connectivity index (χ4v) is 2.74. The Labute approximate surface area is 123 Å². The number of carbonyl (C=O) groups is 2. The molecule has 0 unspecified atom stereocenters. The number of rotatable bonds is 2. The van der Waals surface area contributed by atoms with E-state index < -0.39 is 22.8 Å². The summed E-state index contributed by atoms with van der Waals surface area (Å²) in [7, 11) is 1.23. The highest BCUT2D eigenvalue weighted by Crippen LogP contribution is 2.30. The summed E-state index contributed by atoms with van der Waals surface area (Å²) in [6.07, 6.45) is -1.74. The number of hydrogen-bond donors (Lipinski definition) is 1. The number of imide groups is 1. The molecule has 1 aromatic rings. The van der Waals surface area contributed by atoms with E-state index in [0.717, 1.165) is 5.56 Å². The fourth-order valence-electron chi connectivity index (χ4n) is 2.74. The molecule has 2 rings (SSSR count). The van der Waals surface area contributed by atoms with Crippen molar-refractivity contribution >= 4 is 12.2 Å². The summed E-state index contributed by atoms with van der Waals surface area (Å²) in [6, 6.07) is 8.84. The fraction of sp³-hybridized carbons (Fsp3) is 0.467. The number of methoxy groups -OCH3 is 1. The summed E-state index contributed by atoms with van der Waals surface area (Å²) in [5.41, 5.74) is 0.835. The highest BCUT2D eigenvalue weighted by Gasteiger charge is 2.58. The summed E-state index contributed by atoms with van der Waals surface area (Å²) >= 11 is 0. The van der Waals surface area contributed by atoms with Crippen molar-refractivity contribution in [1.29, 1.82) is 0 Å². The predicted molar refractivity (Wildman–Crippen MR) is 74.2 cm³/mol. The molecule has 1 aliphatic rings. The van der Waals surface area contributed by atoms with E-state index >= 15 is 0 Å². The van der Waals surface area contributed by atoms with Crippen LogP contribution in [0.4, 0.5) is 9.59 Å². The molecule has 0 bridgehead atoms. The Morgan fingerprint density at radius 3 is 2.48 bits per heavy atom. The maximum Gasteiger partial charge on any atom is 0.527 e. The normalized spacial score (nSPS) is 28.1. The molecule has 0 radical (unpaired) electrons. The lowest BCUT2D eigenvalue weighted by Crippen LogP contribution is -2.59. The van der Waals surface area contributed by atoms with Gasteiger partial charge in [-0.15, -0.1) is 4.48 Å². The lowest BCUT2D eigenvalue weighted by molar-refractivity contribution is -0.797. The van der Waals surface area contributed by atoms with Gasteiger partial charge in [0.25, 0.3) is 0 Å². The summed E-state index contributed by atoms with van der Waals surface area (Å²) in [4.78, 5) is 24.5. The molecule has 114 valence electrons. The summed E-state index contributed by atoms with van der Waals surface area (Å²) in [5.74, 6) is 0. The minimum Gasteiger partial charge on any atom is -0.423 e. The molecule has 1 saturated heterocycles. The summed E-state index contributed by atoms with van der Waals surface area (Å²) in [6.45, 7) is 1.80. The first-order valence-corrected chi connectivity index (χ1v) is 6.86. The van der Waals surface area contributed by atoms with Gasteiger partial charge in [0.15, 0.2) is 0 Å². The third kappa shape index (κ3) is 2.91. The van der Waals surface area contributed by atoms with Crippen LogP contribution < -0.4 is 0 Å². The number of carbonyl (C=O) groups excluding carboxylic acids is 2. The molecule has 0 aliphatic carbocycles. The Hall–Kier alpha value is -1.92. The van der Waals surface area contributed by atoms with Gasteiger partial charge in [-0.05, 0) is 12.5 Å². The van der Waals surface area contributed by atoms with E-state index in [2.05, 4.69) is 0 Å². The van der Waals surface area contributed by atoms with Gasteiger partial charge in [-0.1, -0.05) is 30.3 Å². The van der Waals surface area contributed by atoms with Gasteiger partial charge in [-0.2, -0.15) is 9.59 Å². The van der Waals surface area contributed by atoms with Crippen LogP contribution in [0.5, 0.6) is 0 Å². The minimum atomic E-state index is -0.719. The number of ether oxygens (including phenoxy) is 2. The number of nitrogens with zero attached hydrogens (tertiary/aromatic N) is 1. The molecule has 1 aromatic carbocycles. The predicted octanol–water partition coefficient (Wildman–Crippen LogP) is 2.06. The lowest BCUT2D eigenvalue weighted by Gasteiger charge is -2.29. The van der Waals surface area contributed by atoms with Gasteiger partial charge in [0, 0.05) is 6.42 Å². The summed E-state index contributed by atoms with van der Waals surface area (Å²) < 4.78 is 9.41. The maximum atomic E-state index is 12.4. The van der Waals surface area contributed by atoms with Gasteiger partial charge in [-0.25, -0.2) is 0 Å². The smallest absolute Gasteiger partial charge is 0.423 e. The number of amides is 2. The van der Waals surface area contributed by atoms with Crippen molar-refractivity contribution in [3.05, 3.63) is 35.9 Å². The molecule has 1 aliphatic heterocycles. The van der Waals surface area contributed by atoms with Crippen molar-refractivity contribution in [2.75, 3.05) is 13.7 Å². The van der Waals surface area contributed by atoms with E-state index in [1.807, 2.05) is 30.3 Å². The van der Waals surface area contributed by atoms with Crippen LogP contribution in [0.1, 0.15) is 18.9 Å². The highest BCUT2D eigenvalue weighted by molar-refractivity contribution is 5.77. The molecule has 21 heavy (non-hydrogen) atoms. The van der Waals surface area contributed by atoms with Gasteiger partial charge in [-0.3, -0.25) is 0 Å². The Morgan fingerprint density at radius 1 is 1.29 bits per heavy atom. The SMILES string of the molecule is COC(=O)[N@+]1(C(=O)OCc2ccccc2)C[C@H](O)C[C@H]1C. The van der Waals surface area contributed by atoms with Crippen LogP contribution in [-0.4, -0.2) is 47.6 Å². The molecular formula is C15H20NO5+. The molecule has 0 aromatic heterocycles. The van der Waals surface area contributed by atoms with E-state index in [-0.39, 0.29) is 19.2 Å². The van der Waals surface area contributed by atoms with Crippen LogP contribution in [0.25, 0.3) is 0 Å². The second-order valence-corrected chi connectivity index (χ2v) is 5.30. The van der Waals surface area contributed by atoms with Crippen molar-refractivity contribution in [3.8, 4) is 0 Å². The van der Waals surface area contributed by atoms with Gasteiger partial charge >= 0.3 is 12.2 Å². The quantitative estimate of drug-likeness (QED) is 0.845. The average Bonchev–Trinajstić information content (AvgIpc) is 2.80. The number of quaternary nitrogens is 1. The molecular weight excluding hydrogens is 274 g/mol. The summed E-state index contributed by atoms with van der Waals surface area (Å²) in [5, 5.41) is 9.78. The number of aliphatic hydroxyl groups is 1. The van der Waals surface area contributed by atoms with Crippen molar-refractivity contribution in [3.63, 3.8) is 0 Å². The standard InChI is InChI=1S/C15H20NO5/c1-11-8-13(17)9-16(11,14(18)20-2)15(19)21-10-12-6-4-3-5-7-12/h3-7,11,13,17H,8-10H2,1-2H3/q+1/t11-,13-,16+/m1/s1. The van der Waals surface area contributed by atoms with E-state index in [1.54, 1.807) is 6.92 Å². The van der Waals surface area contributed by atoms with Crippen molar-refractivity contribution in [1.82, 2.24) is 0 Å². The topological polar surface area (TPSA) is 72.8 Å². The zero-order valence-corrected chi connectivity index (χ0v) is 12.2. The van der Waals surface area contributed by atoms with Crippen molar-refractivity contribution in [2.24, 2.45) is 0 Å². The number of likely N-dealkylation sites (tertiary alicyclic amines) is 1. The third-order valence-corrected chi connectivity index (χ3v) is 3.90. The van der Waals surface area contributed by atoms with Crippen LogP contribution in [0.2, 0.25) is 0 Å². The molecule has 1 heterocycles. The van der Waals surface area contributed by atoms with Crippen molar-refractivity contribution in [2.45, 2.75) is 32.1 Å². The average molecular weight is 294 g/mol. The number of benzene rings is 1. The van der Waals surface area contributed by atoms with E-state index in [1.165, 1.54) is 7.11 Å². The third-order valence-electron chi connectivity index (χ3n) is 3.90. The van der Waals surface area contributed by atoms with Gasteiger partial charge in [0.05, 0.1) is 7.11 Å². The van der Waals surface area contributed by atoms with E-state index in [0.29, 0.717) is 6.42 Å². The van der Waals surface area contributed by atoms with Gasteiger partial charge < -0.3 is 14.6 Å². The molecule has 6 heteroatoms. The molecule has 0 spiro atoms. The number of hydrogen-bond acceptors (Lipinski definition) is 5. The Morgan fingerprint density at radius 2 is 1.95 bits per heavy atom. The molecule has 6 nitrogen and oxygen atoms in total. The van der Waals surface area contributed by atoms with Gasteiger partial charge in [0.2, 0.25) is 0 Å². The Bertz CT molecular complexity index is 518. The second kappa shape index (κ2) is 6.24. The van der Waals surface area contributed by atoms with Crippen LogP contribution in [0.15, 0.2) is 30.3 Å². The monoisotopic (exact) mass is 294 g/mol. The first kappa shape index (κ1) is 15.5. The first-order valence-electron chi connectivity index (χ1n) is 6.86.